The summed E-state index contributed by atoms with van der Waals surface area (Å²) in [5.41, 5.74) is 17.7. The lowest BCUT2D eigenvalue weighted by Gasteiger charge is -2.43. The van der Waals surface area contributed by atoms with Crippen molar-refractivity contribution in [3.8, 4) is 17.2 Å². The minimum absolute atomic E-state index is 0.0610. The van der Waals surface area contributed by atoms with Crippen LogP contribution in [0.15, 0.2) is 91.0 Å². The van der Waals surface area contributed by atoms with Crippen LogP contribution in [-0.2, 0) is 5.41 Å². The number of anilines is 3. The summed E-state index contributed by atoms with van der Waals surface area (Å²) in [6.45, 7) is 11.6. The van der Waals surface area contributed by atoms with E-state index in [0.717, 1.165) is 11.5 Å². The average Bonchev–Trinajstić information content (AvgIpc) is 3.51. The molecule has 7 aromatic rings. The number of imidazole rings is 1. The molecule has 0 N–H and O–H groups in total. The molecular formula is C38H30BN3O. The van der Waals surface area contributed by atoms with Gasteiger partial charge in [0.25, 0.3) is 6.71 Å². The monoisotopic (exact) mass is 555 g/mol. The third-order valence-electron chi connectivity index (χ3n) is 10.0. The van der Waals surface area contributed by atoms with Crippen molar-refractivity contribution in [2.45, 2.75) is 40.0 Å². The molecule has 0 saturated carbocycles. The minimum atomic E-state index is -0.0610. The highest BCUT2D eigenvalue weighted by Gasteiger charge is 2.48. The quantitative estimate of drug-likeness (QED) is 0.194. The highest BCUT2D eigenvalue weighted by molar-refractivity contribution is 7.01. The van der Waals surface area contributed by atoms with Gasteiger partial charge in [0.05, 0.1) is 22.2 Å². The van der Waals surface area contributed by atoms with Crippen LogP contribution in [0, 0.1) is 13.8 Å². The van der Waals surface area contributed by atoms with E-state index in [2.05, 4.69) is 139 Å². The second kappa shape index (κ2) is 7.54. The van der Waals surface area contributed by atoms with Crippen molar-refractivity contribution >= 4 is 67.7 Å². The number of fused-ring (bicyclic) bond motifs is 6. The van der Waals surface area contributed by atoms with Gasteiger partial charge in [0.15, 0.2) is 0 Å². The zero-order valence-corrected chi connectivity index (χ0v) is 25.0. The highest BCUT2D eigenvalue weighted by atomic mass is 16.5. The molecule has 0 saturated heterocycles. The number of aryl methyl sites for hydroxylation is 2. The first kappa shape index (κ1) is 23.6. The van der Waals surface area contributed by atoms with E-state index >= 15 is 0 Å². The number of hydrogen-bond donors (Lipinski definition) is 0. The lowest BCUT2D eigenvalue weighted by molar-refractivity contribution is 0.488. The summed E-state index contributed by atoms with van der Waals surface area (Å²) in [5.74, 6) is 1.92. The first-order valence-electron chi connectivity index (χ1n) is 15.3. The van der Waals surface area contributed by atoms with E-state index < -0.39 is 0 Å². The van der Waals surface area contributed by atoms with Crippen molar-refractivity contribution in [1.29, 1.82) is 0 Å². The Hall–Kier alpha value is -4.90. The second-order valence-electron chi connectivity index (χ2n) is 13.5. The van der Waals surface area contributed by atoms with Crippen LogP contribution in [0.1, 0.15) is 37.5 Å². The maximum absolute atomic E-state index is 6.82. The largest absolute Gasteiger partial charge is 0.458 e. The molecule has 0 aliphatic carbocycles. The first-order valence-corrected chi connectivity index (χ1v) is 15.3. The molecule has 43 heavy (non-hydrogen) atoms. The molecule has 0 radical (unpaired) electrons. The van der Waals surface area contributed by atoms with Crippen LogP contribution in [0.3, 0.4) is 0 Å². The predicted molar refractivity (Wildman–Crippen MR) is 179 cm³/mol. The van der Waals surface area contributed by atoms with Gasteiger partial charge in [0.2, 0.25) is 0 Å². The van der Waals surface area contributed by atoms with E-state index in [-0.39, 0.29) is 12.1 Å². The van der Waals surface area contributed by atoms with E-state index in [1.807, 2.05) is 0 Å². The van der Waals surface area contributed by atoms with Crippen molar-refractivity contribution in [3.63, 3.8) is 0 Å². The molecule has 10 rings (SSSR count). The van der Waals surface area contributed by atoms with Crippen molar-refractivity contribution < 1.29 is 4.74 Å². The fraction of sp³-hybridized carbons (Fsp3) is 0.158. The van der Waals surface area contributed by atoms with Crippen molar-refractivity contribution in [1.82, 2.24) is 8.97 Å². The number of ether oxygens (including phenoxy) is 1. The number of aromatic nitrogens is 2. The van der Waals surface area contributed by atoms with Gasteiger partial charge in [-0.15, -0.1) is 0 Å². The summed E-state index contributed by atoms with van der Waals surface area (Å²) < 4.78 is 11.9. The van der Waals surface area contributed by atoms with Crippen LogP contribution in [0.4, 0.5) is 17.1 Å². The Morgan fingerprint density at radius 2 is 1.30 bits per heavy atom. The Morgan fingerprint density at radius 3 is 2.09 bits per heavy atom. The summed E-state index contributed by atoms with van der Waals surface area (Å²) in [5, 5.41) is 1.32. The molecule has 0 unspecified atom stereocenters. The number of hydrogen-bond acceptors (Lipinski definition) is 2. The van der Waals surface area contributed by atoms with Gasteiger partial charge in [0, 0.05) is 28.0 Å². The molecule has 0 spiro atoms. The molecule has 3 aliphatic rings. The minimum Gasteiger partial charge on any atom is -0.458 e. The number of para-hydroxylation sites is 2. The molecule has 4 nitrogen and oxygen atoms in total. The van der Waals surface area contributed by atoms with E-state index in [4.69, 9.17) is 4.74 Å². The van der Waals surface area contributed by atoms with Gasteiger partial charge in [-0.05, 0) is 89.2 Å². The molecule has 3 aliphatic heterocycles. The van der Waals surface area contributed by atoms with Gasteiger partial charge in [-0.25, -0.2) is 0 Å². The molecule has 5 heteroatoms. The van der Waals surface area contributed by atoms with Crippen molar-refractivity contribution in [2.24, 2.45) is 0 Å². The number of rotatable bonds is 1. The summed E-state index contributed by atoms with van der Waals surface area (Å²) >= 11 is 0. The number of nitrogens with zero attached hydrogens (tertiary/aromatic N) is 3. The van der Waals surface area contributed by atoms with Crippen LogP contribution in [0.2, 0.25) is 0 Å². The van der Waals surface area contributed by atoms with E-state index in [1.165, 1.54) is 83.4 Å². The lowest BCUT2D eigenvalue weighted by atomic mass is 9.33. The molecule has 2 aromatic heterocycles. The summed E-state index contributed by atoms with van der Waals surface area (Å²) in [7, 11) is 0. The molecular weight excluding hydrogens is 525 g/mol. The topological polar surface area (TPSA) is 21.8 Å². The van der Waals surface area contributed by atoms with Gasteiger partial charge >= 0.3 is 0 Å². The Labute approximate surface area is 250 Å². The highest BCUT2D eigenvalue weighted by Crippen LogP contribution is 2.48. The zero-order chi connectivity index (χ0) is 28.9. The molecule has 5 heterocycles. The fourth-order valence-corrected chi connectivity index (χ4v) is 8.54. The van der Waals surface area contributed by atoms with Crippen molar-refractivity contribution in [3.05, 3.63) is 108 Å². The number of benzene rings is 5. The molecule has 0 bridgehead atoms. The summed E-state index contributed by atoms with van der Waals surface area (Å²) in [6.07, 6.45) is 0. The average molecular weight is 555 g/mol. The molecule has 0 fully saturated rings. The Bertz CT molecular complexity index is 2380. The van der Waals surface area contributed by atoms with Gasteiger partial charge in [-0.3, -0.25) is 8.97 Å². The van der Waals surface area contributed by atoms with Crippen LogP contribution in [0.5, 0.6) is 11.5 Å². The predicted octanol–water partition coefficient (Wildman–Crippen LogP) is 7.67. The van der Waals surface area contributed by atoms with Crippen LogP contribution < -0.4 is 26.0 Å². The molecule has 0 amide bonds. The molecule has 5 aromatic carbocycles. The zero-order valence-electron chi connectivity index (χ0n) is 25.0. The van der Waals surface area contributed by atoms with Gasteiger partial charge < -0.3 is 9.64 Å². The standard InChI is InChI=1S/C38H30BN3O/c1-21-11-8-12-22(2)35(21)40-25-15-9-16-26-32(25)39-33-27(40)17-10-18-29(33)43-30-20-19-28-36(34(30)39)42(26)37-31(38(3,4)5)23-13-6-7-14-24(23)41(28)37/h6-20H,1-5H3. The smallest absolute Gasteiger partial charge is 0.262 e. The SMILES string of the molecule is Cc1cccc(C)c1N1c2cccc3c2B2c4c1cccc4-n1c4c2c(ccc4n2c4ccccc4c(C(C)(C)C)c12)O3. The third kappa shape index (κ3) is 2.66. The van der Waals surface area contributed by atoms with Gasteiger partial charge in [-0.2, -0.15) is 0 Å². The summed E-state index contributed by atoms with van der Waals surface area (Å²) in [4.78, 5) is 2.50. The van der Waals surface area contributed by atoms with Crippen LogP contribution in [0.25, 0.3) is 33.3 Å². The maximum Gasteiger partial charge on any atom is 0.262 e. The maximum atomic E-state index is 6.82. The summed E-state index contributed by atoms with van der Waals surface area (Å²) in [6, 6.07) is 33.5. The second-order valence-corrected chi connectivity index (χ2v) is 13.5. The third-order valence-corrected chi connectivity index (χ3v) is 10.0. The Balaban J connectivity index is 1.45. The van der Waals surface area contributed by atoms with E-state index in [0.29, 0.717) is 0 Å². The normalized spacial score (nSPS) is 14.3. The Morgan fingerprint density at radius 1 is 0.628 bits per heavy atom. The van der Waals surface area contributed by atoms with E-state index in [1.54, 1.807) is 0 Å². The molecule has 206 valence electrons. The van der Waals surface area contributed by atoms with E-state index in [9.17, 15) is 0 Å². The molecule has 0 atom stereocenters. The Kier molecular flexibility index (Phi) is 4.14. The van der Waals surface area contributed by atoms with Crippen LogP contribution in [-0.4, -0.2) is 15.7 Å². The van der Waals surface area contributed by atoms with Gasteiger partial charge in [0.1, 0.15) is 17.1 Å². The van der Waals surface area contributed by atoms with Gasteiger partial charge in [-0.1, -0.05) is 69.3 Å². The fourth-order valence-electron chi connectivity index (χ4n) is 8.54. The lowest BCUT2D eigenvalue weighted by Crippen LogP contribution is -2.62. The van der Waals surface area contributed by atoms with Crippen LogP contribution >= 0.6 is 0 Å². The first-order chi connectivity index (χ1) is 20.8. The van der Waals surface area contributed by atoms with Crippen molar-refractivity contribution in [2.75, 3.05) is 4.90 Å².